The van der Waals surface area contributed by atoms with Crippen LogP contribution < -0.4 is 4.90 Å². The Bertz CT molecular complexity index is 431. The van der Waals surface area contributed by atoms with Gasteiger partial charge in [0.15, 0.2) is 0 Å². The molecule has 0 saturated carbocycles. The first-order valence-corrected chi connectivity index (χ1v) is 4.60. The van der Waals surface area contributed by atoms with Crippen molar-refractivity contribution in [2.75, 3.05) is 18.5 Å². The van der Waals surface area contributed by atoms with Gasteiger partial charge in [-0.3, -0.25) is 14.9 Å². The summed E-state index contributed by atoms with van der Waals surface area (Å²) in [5.41, 5.74) is 1.02. The third kappa shape index (κ3) is 2.47. The van der Waals surface area contributed by atoms with Crippen LogP contribution in [0.15, 0.2) is 18.2 Å². The smallest absolute Gasteiger partial charge is 0.323 e. The maximum atomic E-state index is 10.7. The number of rotatable bonds is 4. The standard InChI is InChI=1S/C10H12N2O4/c1-7-8(11(2)6-10(13)14)4-3-5-9(7)12(15)16/h3-5H,6H2,1-2H3,(H,13,14). The summed E-state index contributed by atoms with van der Waals surface area (Å²) in [6.45, 7) is 1.41. The third-order valence-corrected chi connectivity index (χ3v) is 2.26. The van der Waals surface area contributed by atoms with Gasteiger partial charge in [0.2, 0.25) is 0 Å². The molecule has 0 atom stereocenters. The fourth-order valence-corrected chi connectivity index (χ4v) is 1.51. The van der Waals surface area contributed by atoms with Crippen molar-refractivity contribution in [1.29, 1.82) is 0 Å². The van der Waals surface area contributed by atoms with Crippen LogP contribution in [0, 0.1) is 17.0 Å². The van der Waals surface area contributed by atoms with E-state index in [0.29, 0.717) is 11.3 Å². The molecule has 0 amide bonds. The zero-order valence-corrected chi connectivity index (χ0v) is 9.01. The maximum absolute atomic E-state index is 10.7. The topological polar surface area (TPSA) is 83.7 Å². The Morgan fingerprint density at radius 1 is 1.56 bits per heavy atom. The Kier molecular flexibility index (Phi) is 3.44. The number of benzene rings is 1. The summed E-state index contributed by atoms with van der Waals surface area (Å²) in [6, 6.07) is 4.59. The molecule has 1 aromatic rings. The first kappa shape index (κ1) is 12.0. The lowest BCUT2D eigenvalue weighted by Crippen LogP contribution is -2.25. The number of hydrogen-bond donors (Lipinski definition) is 1. The van der Waals surface area contributed by atoms with Gasteiger partial charge in [-0.25, -0.2) is 0 Å². The molecule has 0 aliphatic rings. The molecule has 0 aromatic heterocycles. The average molecular weight is 224 g/mol. The molecule has 0 fully saturated rings. The van der Waals surface area contributed by atoms with E-state index in [0.717, 1.165) is 0 Å². The molecule has 16 heavy (non-hydrogen) atoms. The van der Waals surface area contributed by atoms with Gasteiger partial charge in [0.1, 0.15) is 6.54 Å². The molecule has 1 aromatic carbocycles. The van der Waals surface area contributed by atoms with Crippen LogP contribution in [0.3, 0.4) is 0 Å². The number of nitro benzene ring substituents is 1. The Balaban J connectivity index is 3.10. The molecule has 6 nitrogen and oxygen atoms in total. The minimum atomic E-state index is -0.978. The number of nitrogens with zero attached hydrogens (tertiary/aromatic N) is 2. The third-order valence-electron chi connectivity index (χ3n) is 2.26. The average Bonchev–Trinajstić information content (AvgIpc) is 2.16. The fraction of sp³-hybridized carbons (Fsp3) is 0.300. The number of hydrogen-bond acceptors (Lipinski definition) is 4. The monoisotopic (exact) mass is 224 g/mol. The lowest BCUT2D eigenvalue weighted by atomic mass is 10.1. The highest BCUT2D eigenvalue weighted by Gasteiger charge is 2.16. The van der Waals surface area contributed by atoms with Crippen LogP contribution in [0.2, 0.25) is 0 Å². The summed E-state index contributed by atoms with van der Waals surface area (Å²) in [7, 11) is 1.58. The number of carboxylic acids is 1. The number of carboxylic acid groups (broad SMARTS) is 1. The van der Waals surface area contributed by atoms with Crippen molar-refractivity contribution in [3.8, 4) is 0 Å². The fourth-order valence-electron chi connectivity index (χ4n) is 1.51. The van der Waals surface area contributed by atoms with E-state index in [1.54, 1.807) is 26.1 Å². The van der Waals surface area contributed by atoms with E-state index in [9.17, 15) is 14.9 Å². The van der Waals surface area contributed by atoms with E-state index in [4.69, 9.17) is 5.11 Å². The molecule has 0 aliphatic carbocycles. The number of likely N-dealkylation sites (N-methyl/N-ethyl adjacent to an activating group) is 1. The summed E-state index contributed by atoms with van der Waals surface area (Å²) in [5.74, 6) is -0.978. The minimum Gasteiger partial charge on any atom is -0.480 e. The van der Waals surface area contributed by atoms with Crippen molar-refractivity contribution < 1.29 is 14.8 Å². The molecule has 0 radical (unpaired) electrons. The summed E-state index contributed by atoms with van der Waals surface area (Å²) in [6.07, 6.45) is 0. The molecule has 6 heteroatoms. The van der Waals surface area contributed by atoms with Gasteiger partial charge >= 0.3 is 5.97 Å². The molecule has 0 spiro atoms. The van der Waals surface area contributed by atoms with Gasteiger partial charge in [-0.15, -0.1) is 0 Å². The van der Waals surface area contributed by atoms with E-state index in [2.05, 4.69) is 0 Å². The van der Waals surface area contributed by atoms with Gasteiger partial charge in [0.05, 0.1) is 10.5 Å². The van der Waals surface area contributed by atoms with Crippen LogP contribution >= 0.6 is 0 Å². The van der Waals surface area contributed by atoms with Crippen molar-refractivity contribution in [2.45, 2.75) is 6.92 Å². The van der Waals surface area contributed by atoms with Gasteiger partial charge in [0.25, 0.3) is 5.69 Å². The number of nitro groups is 1. The highest BCUT2D eigenvalue weighted by Crippen LogP contribution is 2.27. The summed E-state index contributed by atoms with van der Waals surface area (Å²) in [5, 5.41) is 19.3. The Hall–Kier alpha value is -2.11. The largest absolute Gasteiger partial charge is 0.480 e. The van der Waals surface area contributed by atoms with Gasteiger partial charge in [-0.1, -0.05) is 6.07 Å². The Morgan fingerprint density at radius 2 is 2.19 bits per heavy atom. The van der Waals surface area contributed by atoms with Crippen LogP contribution in [0.4, 0.5) is 11.4 Å². The molecule has 1 rings (SSSR count). The Morgan fingerprint density at radius 3 is 2.69 bits per heavy atom. The second kappa shape index (κ2) is 4.61. The van der Waals surface area contributed by atoms with Crippen LogP contribution in [0.5, 0.6) is 0 Å². The molecule has 86 valence electrons. The van der Waals surface area contributed by atoms with Crippen LogP contribution in [0.25, 0.3) is 0 Å². The van der Waals surface area contributed by atoms with Crippen LogP contribution in [0.1, 0.15) is 5.56 Å². The molecule has 1 N–H and O–H groups in total. The van der Waals surface area contributed by atoms with E-state index in [1.165, 1.54) is 11.0 Å². The maximum Gasteiger partial charge on any atom is 0.323 e. The Labute approximate surface area is 92.3 Å². The van der Waals surface area contributed by atoms with Crippen LogP contribution in [-0.2, 0) is 4.79 Å². The van der Waals surface area contributed by atoms with Gasteiger partial charge in [-0.05, 0) is 13.0 Å². The highest BCUT2D eigenvalue weighted by molar-refractivity contribution is 5.75. The summed E-state index contributed by atoms with van der Waals surface area (Å²) < 4.78 is 0. The molecular formula is C10H12N2O4. The van der Waals surface area contributed by atoms with Crippen molar-refractivity contribution in [1.82, 2.24) is 0 Å². The van der Waals surface area contributed by atoms with Gasteiger partial charge in [-0.2, -0.15) is 0 Å². The summed E-state index contributed by atoms with van der Waals surface area (Å²) in [4.78, 5) is 22.2. The second-order valence-electron chi connectivity index (χ2n) is 3.43. The van der Waals surface area contributed by atoms with Crippen molar-refractivity contribution in [3.05, 3.63) is 33.9 Å². The molecule has 0 unspecified atom stereocenters. The second-order valence-corrected chi connectivity index (χ2v) is 3.43. The number of aliphatic carboxylic acids is 1. The van der Waals surface area contributed by atoms with Gasteiger partial charge < -0.3 is 10.0 Å². The molecule has 0 saturated heterocycles. The minimum absolute atomic E-state index is 0.00487. The first-order chi connectivity index (χ1) is 7.43. The highest BCUT2D eigenvalue weighted by atomic mass is 16.6. The predicted molar refractivity (Wildman–Crippen MR) is 58.7 cm³/mol. The quantitative estimate of drug-likeness (QED) is 0.617. The van der Waals surface area contributed by atoms with E-state index >= 15 is 0 Å². The zero-order valence-electron chi connectivity index (χ0n) is 9.01. The normalized spacial score (nSPS) is 9.88. The summed E-state index contributed by atoms with van der Waals surface area (Å²) >= 11 is 0. The molecule has 0 heterocycles. The number of anilines is 1. The molecule has 0 bridgehead atoms. The van der Waals surface area contributed by atoms with Crippen molar-refractivity contribution in [2.24, 2.45) is 0 Å². The predicted octanol–water partition coefficient (Wildman–Crippen LogP) is 1.42. The van der Waals surface area contributed by atoms with Crippen molar-refractivity contribution in [3.63, 3.8) is 0 Å². The first-order valence-electron chi connectivity index (χ1n) is 4.60. The lowest BCUT2D eigenvalue weighted by Gasteiger charge is -2.18. The van der Waals surface area contributed by atoms with Gasteiger partial charge in [0, 0.05) is 18.8 Å². The van der Waals surface area contributed by atoms with E-state index < -0.39 is 10.9 Å². The SMILES string of the molecule is Cc1c(N(C)CC(=O)O)cccc1[N+](=O)[O-]. The van der Waals surface area contributed by atoms with Crippen LogP contribution in [-0.4, -0.2) is 29.6 Å². The van der Waals surface area contributed by atoms with Crippen molar-refractivity contribution >= 4 is 17.3 Å². The van der Waals surface area contributed by atoms with E-state index in [1.807, 2.05) is 0 Å². The molecular weight excluding hydrogens is 212 g/mol. The number of carbonyl (C=O) groups is 1. The lowest BCUT2D eigenvalue weighted by molar-refractivity contribution is -0.385. The van der Waals surface area contributed by atoms with E-state index in [-0.39, 0.29) is 12.2 Å². The molecule has 0 aliphatic heterocycles. The zero-order chi connectivity index (χ0) is 12.3.